The second kappa shape index (κ2) is 9.90. The number of piperidine rings is 1. The molecule has 0 aromatic carbocycles. The molecular formula is C28H33N3O7. The Labute approximate surface area is 222 Å². The van der Waals surface area contributed by atoms with Gasteiger partial charge < -0.3 is 19.1 Å². The zero-order valence-corrected chi connectivity index (χ0v) is 22.5. The molecule has 4 rings (SSSR count). The number of Topliss-reactive ketones (excluding diaryl/α,β-unsaturated/α-hetero) is 1. The molecule has 38 heavy (non-hydrogen) atoms. The summed E-state index contributed by atoms with van der Waals surface area (Å²) in [7, 11) is 0. The minimum absolute atomic E-state index is 0.00567. The van der Waals surface area contributed by atoms with Crippen LogP contribution in [0.5, 0.6) is 0 Å². The smallest absolute Gasteiger partial charge is 0.410 e. The van der Waals surface area contributed by atoms with Crippen LogP contribution in [0.15, 0.2) is 22.3 Å². The highest BCUT2D eigenvalue weighted by molar-refractivity contribution is 6.03. The van der Waals surface area contributed by atoms with Gasteiger partial charge in [-0.1, -0.05) is 0 Å². The van der Waals surface area contributed by atoms with Gasteiger partial charge in [-0.05, 0) is 56.8 Å². The molecule has 1 unspecified atom stereocenters. The van der Waals surface area contributed by atoms with Gasteiger partial charge in [0.25, 0.3) is 0 Å². The van der Waals surface area contributed by atoms with E-state index in [1.54, 1.807) is 25.7 Å². The molecule has 2 aliphatic heterocycles. The van der Waals surface area contributed by atoms with Gasteiger partial charge in [0.05, 0.1) is 12.1 Å². The second-order valence-electron chi connectivity index (χ2n) is 11.5. The van der Waals surface area contributed by atoms with Gasteiger partial charge in [-0.15, -0.1) is 0 Å². The van der Waals surface area contributed by atoms with Crippen molar-refractivity contribution in [1.29, 1.82) is 10.5 Å². The number of hydrogen-bond acceptors (Lipinski definition) is 9. The number of carbonyl (C=O) groups is 4. The van der Waals surface area contributed by atoms with Crippen molar-refractivity contribution in [1.82, 2.24) is 4.90 Å². The highest BCUT2D eigenvalue weighted by atomic mass is 16.6. The minimum Gasteiger partial charge on any atom is -0.461 e. The summed E-state index contributed by atoms with van der Waals surface area (Å²) < 4.78 is 16.3. The number of nitrogens with zero attached hydrogens (tertiary/aromatic N) is 3. The number of allylic oxidation sites excluding steroid dienone is 2. The molecule has 0 aromatic rings. The Morgan fingerprint density at radius 2 is 1.66 bits per heavy atom. The topological polar surface area (TPSA) is 147 Å². The molecule has 4 atom stereocenters. The van der Waals surface area contributed by atoms with Crippen LogP contribution in [0.2, 0.25) is 0 Å². The zero-order valence-electron chi connectivity index (χ0n) is 22.5. The molecule has 202 valence electrons. The number of ketones is 1. The van der Waals surface area contributed by atoms with E-state index in [4.69, 9.17) is 14.2 Å². The van der Waals surface area contributed by atoms with Crippen LogP contribution in [0.1, 0.15) is 66.7 Å². The Balaban J connectivity index is 1.90. The molecule has 0 spiro atoms. The summed E-state index contributed by atoms with van der Waals surface area (Å²) in [5, 5.41) is 20.9. The maximum absolute atomic E-state index is 13.3. The average Bonchev–Trinajstić information content (AvgIpc) is 3.26. The van der Waals surface area contributed by atoms with Crippen LogP contribution in [0, 0.1) is 39.9 Å². The fourth-order valence-corrected chi connectivity index (χ4v) is 6.62. The first kappa shape index (κ1) is 27.4. The summed E-state index contributed by atoms with van der Waals surface area (Å²) in [6.07, 6.45) is 1.24. The Bertz CT molecular complexity index is 1210. The summed E-state index contributed by atoms with van der Waals surface area (Å²) in [4.78, 5) is 51.6. The monoisotopic (exact) mass is 523 g/mol. The molecule has 2 bridgehead atoms. The lowest BCUT2D eigenvalue weighted by Gasteiger charge is -2.48. The molecule has 10 heteroatoms. The third-order valence-electron chi connectivity index (χ3n) is 8.06. The predicted octanol–water partition coefficient (Wildman–Crippen LogP) is 3.52. The number of amides is 1. The lowest BCUT2D eigenvalue weighted by Crippen LogP contribution is -2.56. The van der Waals surface area contributed by atoms with E-state index in [1.807, 2.05) is 0 Å². The Morgan fingerprint density at radius 1 is 1.03 bits per heavy atom. The normalized spacial score (nSPS) is 27.6. The summed E-state index contributed by atoms with van der Waals surface area (Å²) in [5.41, 5.74) is -0.157. The minimum atomic E-state index is -1.49. The lowest BCUT2D eigenvalue weighted by molar-refractivity contribution is -0.141. The van der Waals surface area contributed by atoms with Gasteiger partial charge in [-0.25, -0.2) is 4.79 Å². The molecule has 10 nitrogen and oxygen atoms in total. The van der Waals surface area contributed by atoms with Crippen molar-refractivity contribution in [3.8, 4) is 12.1 Å². The number of rotatable bonds is 4. The number of carbonyl (C=O) groups excluding carboxylic acids is 4. The Morgan fingerprint density at radius 3 is 2.24 bits per heavy atom. The van der Waals surface area contributed by atoms with Crippen molar-refractivity contribution < 1.29 is 33.4 Å². The maximum atomic E-state index is 13.3. The Kier molecular flexibility index (Phi) is 7.13. The van der Waals surface area contributed by atoms with Crippen LogP contribution in [-0.4, -0.2) is 59.6 Å². The third-order valence-corrected chi connectivity index (χ3v) is 8.06. The summed E-state index contributed by atoms with van der Waals surface area (Å²) in [6.45, 7) is 7.53. The standard InChI is InChI=1S/C28H33N3O7/c1-15(32)36-11-20-19-10-28(13-29,14-30)22-8-17-6-7-23(31(17)26(35)38-27(3,4)5)25(22)21(12-37-16(2)33)18(19)9-24(20)34/h17,22-23,25H,6-12H2,1-5H3/t17-,22?,23+,25-/m1/s1. The number of esters is 2. The van der Waals surface area contributed by atoms with Crippen molar-refractivity contribution in [2.24, 2.45) is 17.3 Å². The van der Waals surface area contributed by atoms with E-state index in [2.05, 4.69) is 12.1 Å². The largest absolute Gasteiger partial charge is 0.461 e. The quantitative estimate of drug-likeness (QED) is 0.399. The van der Waals surface area contributed by atoms with Gasteiger partial charge >= 0.3 is 18.0 Å². The van der Waals surface area contributed by atoms with Crippen LogP contribution in [0.4, 0.5) is 4.79 Å². The van der Waals surface area contributed by atoms with Gasteiger partial charge in [0, 0.05) is 56.2 Å². The molecule has 0 N–H and O–H groups in total. The molecular weight excluding hydrogens is 490 g/mol. The molecule has 0 radical (unpaired) electrons. The number of ether oxygens (including phenoxy) is 3. The van der Waals surface area contributed by atoms with E-state index in [0.29, 0.717) is 36.0 Å². The zero-order chi connectivity index (χ0) is 28.0. The molecule has 0 aromatic heterocycles. The van der Waals surface area contributed by atoms with Crippen molar-refractivity contribution in [3.63, 3.8) is 0 Å². The maximum Gasteiger partial charge on any atom is 0.410 e. The fraction of sp³-hybridized carbons (Fsp3) is 0.643. The van der Waals surface area contributed by atoms with Crippen molar-refractivity contribution in [3.05, 3.63) is 22.3 Å². The van der Waals surface area contributed by atoms with Gasteiger partial charge in [-0.3, -0.25) is 14.4 Å². The van der Waals surface area contributed by atoms with E-state index in [1.165, 1.54) is 13.8 Å². The number of nitriles is 2. The second-order valence-corrected chi connectivity index (χ2v) is 11.5. The van der Waals surface area contributed by atoms with Crippen LogP contribution in [0.3, 0.4) is 0 Å². The van der Waals surface area contributed by atoms with Crippen LogP contribution in [0.25, 0.3) is 0 Å². The molecule has 2 aliphatic carbocycles. The van der Waals surface area contributed by atoms with Crippen molar-refractivity contribution in [2.75, 3.05) is 13.2 Å². The fourth-order valence-electron chi connectivity index (χ4n) is 6.62. The van der Waals surface area contributed by atoms with Gasteiger partial charge in [-0.2, -0.15) is 10.5 Å². The average molecular weight is 524 g/mol. The first-order chi connectivity index (χ1) is 17.8. The van der Waals surface area contributed by atoms with Crippen molar-refractivity contribution >= 4 is 23.8 Å². The summed E-state index contributed by atoms with van der Waals surface area (Å²) in [6, 6.07) is 3.95. The van der Waals surface area contributed by atoms with E-state index in [0.717, 1.165) is 0 Å². The van der Waals surface area contributed by atoms with E-state index in [9.17, 15) is 29.7 Å². The number of fused-ring (bicyclic) bond motifs is 5. The lowest BCUT2D eigenvalue weighted by atomic mass is 9.63. The number of hydrogen-bond donors (Lipinski definition) is 0. The van der Waals surface area contributed by atoms with Gasteiger partial charge in [0.15, 0.2) is 11.2 Å². The predicted molar refractivity (Wildman–Crippen MR) is 132 cm³/mol. The van der Waals surface area contributed by atoms with Gasteiger partial charge in [0.1, 0.15) is 18.8 Å². The van der Waals surface area contributed by atoms with E-state index >= 15 is 0 Å². The first-order valence-corrected chi connectivity index (χ1v) is 12.9. The highest BCUT2D eigenvalue weighted by Crippen LogP contribution is 2.58. The van der Waals surface area contributed by atoms with Crippen LogP contribution < -0.4 is 0 Å². The molecule has 2 saturated heterocycles. The van der Waals surface area contributed by atoms with E-state index < -0.39 is 40.9 Å². The SMILES string of the molecule is CC(=O)OCC1=C2CC(C#N)(C#N)C3C[C@H]4CC[C@@H]([C@@H]3C(COC(C)=O)=C2CC1=O)N4C(=O)OC(C)(C)C. The molecule has 2 fully saturated rings. The molecule has 2 heterocycles. The van der Waals surface area contributed by atoms with Gasteiger partial charge in [0.2, 0.25) is 0 Å². The molecule has 1 amide bonds. The van der Waals surface area contributed by atoms with Crippen LogP contribution >= 0.6 is 0 Å². The summed E-state index contributed by atoms with van der Waals surface area (Å²) in [5.74, 6) is -2.28. The molecule has 0 saturated carbocycles. The molecule has 4 aliphatic rings. The first-order valence-electron chi connectivity index (χ1n) is 12.9. The highest BCUT2D eigenvalue weighted by Gasteiger charge is 2.60. The van der Waals surface area contributed by atoms with E-state index in [-0.39, 0.29) is 49.5 Å². The Hall–Kier alpha value is -3.66. The van der Waals surface area contributed by atoms with Crippen LogP contribution in [-0.2, 0) is 28.6 Å². The summed E-state index contributed by atoms with van der Waals surface area (Å²) >= 11 is 0. The third kappa shape index (κ3) is 4.80. The van der Waals surface area contributed by atoms with Crippen molar-refractivity contribution in [2.45, 2.75) is 84.4 Å².